The number of aromatic nitrogens is 3. The summed E-state index contributed by atoms with van der Waals surface area (Å²) in [5.74, 6) is 0.227. The first-order chi connectivity index (χ1) is 11.7. The Labute approximate surface area is 140 Å². The second-order valence-electron chi connectivity index (χ2n) is 5.33. The fraction of sp³-hybridized carbons (Fsp3) is 0.111. The van der Waals surface area contributed by atoms with Crippen LogP contribution in [0, 0.1) is 6.92 Å². The predicted octanol–water partition coefficient (Wildman–Crippen LogP) is 3.04. The first-order valence-corrected chi connectivity index (χ1v) is 7.53. The highest BCUT2D eigenvalue weighted by molar-refractivity contribution is 6.03. The maximum absolute atomic E-state index is 12.2. The van der Waals surface area contributed by atoms with Crippen LogP contribution in [0.25, 0.3) is 0 Å². The molecule has 0 unspecified atom stereocenters. The summed E-state index contributed by atoms with van der Waals surface area (Å²) in [5, 5.41) is 5.92. The molecule has 0 spiro atoms. The van der Waals surface area contributed by atoms with Gasteiger partial charge in [-0.1, -0.05) is 18.2 Å². The summed E-state index contributed by atoms with van der Waals surface area (Å²) >= 11 is 0. The molecule has 0 saturated carbocycles. The number of rotatable bonds is 5. The van der Waals surface area contributed by atoms with Crippen LogP contribution in [-0.2, 0) is 6.54 Å². The van der Waals surface area contributed by atoms with Crippen LogP contribution in [0.4, 0.5) is 11.6 Å². The van der Waals surface area contributed by atoms with E-state index >= 15 is 0 Å². The van der Waals surface area contributed by atoms with Crippen molar-refractivity contribution in [1.82, 2.24) is 15.0 Å². The van der Waals surface area contributed by atoms with Crippen molar-refractivity contribution in [2.75, 3.05) is 10.6 Å². The summed E-state index contributed by atoms with van der Waals surface area (Å²) in [5.41, 5.74) is 3.27. The number of hydrogen-bond donors (Lipinski definition) is 2. The van der Waals surface area contributed by atoms with Crippen LogP contribution in [0.15, 0.2) is 61.2 Å². The summed E-state index contributed by atoms with van der Waals surface area (Å²) in [6, 6.07) is 11.5. The molecule has 0 fully saturated rings. The average Bonchev–Trinajstić information content (AvgIpc) is 2.61. The molecule has 6 heteroatoms. The van der Waals surface area contributed by atoms with E-state index in [1.54, 1.807) is 12.4 Å². The van der Waals surface area contributed by atoms with Crippen molar-refractivity contribution in [3.8, 4) is 0 Å². The minimum absolute atomic E-state index is 0.237. The SMILES string of the molecule is Cc1cccc(NC(=O)c2cnc(NCc3cccnc3)nc2)c1. The number of nitrogens with zero attached hydrogens (tertiary/aromatic N) is 3. The minimum Gasteiger partial charge on any atom is -0.350 e. The lowest BCUT2D eigenvalue weighted by Gasteiger charge is -2.07. The first kappa shape index (κ1) is 15.6. The summed E-state index contributed by atoms with van der Waals surface area (Å²) < 4.78 is 0. The molecule has 0 saturated heterocycles. The predicted molar refractivity (Wildman–Crippen MR) is 92.7 cm³/mol. The monoisotopic (exact) mass is 319 g/mol. The van der Waals surface area contributed by atoms with Crippen molar-refractivity contribution in [3.63, 3.8) is 0 Å². The van der Waals surface area contributed by atoms with Crippen LogP contribution in [-0.4, -0.2) is 20.9 Å². The Morgan fingerprint density at radius 1 is 1.08 bits per heavy atom. The van der Waals surface area contributed by atoms with Crippen molar-refractivity contribution in [2.45, 2.75) is 13.5 Å². The van der Waals surface area contributed by atoms with Gasteiger partial charge < -0.3 is 10.6 Å². The normalized spacial score (nSPS) is 10.2. The van der Waals surface area contributed by atoms with Gasteiger partial charge in [0.05, 0.1) is 5.56 Å². The lowest BCUT2D eigenvalue weighted by molar-refractivity contribution is 0.102. The number of carbonyl (C=O) groups is 1. The van der Waals surface area contributed by atoms with E-state index in [0.29, 0.717) is 18.1 Å². The number of carbonyl (C=O) groups excluding carboxylic acids is 1. The van der Waals surface area contributed by atoms with Crippen molar-refractivity contribution in [3.05, 3.63) is 77.9 Å². The van der Waals surface area contributed by atoms with Crippen molar-refractivity contribution >= 4 is 17.5 Å². The third-order valence-electron chi connectivity index (χ3n) is 3.36. The molecule has 0 aliphatic rings. The summed E-state index contributed by atoms with van der Waals surface area (Å²) in [6.07, 6.45) is 6.51. The van der Waals surface area contributed by atoms with Crippen LogP contribution < -0.4 is 10.6 Å². The summed E-state index contributed by atoms with van der Waals surface area (Å²) in [6.45, 7) is 2.55. The molecule has 1 amide bonds. The molecule has 24 heavy (non-hydrogen) atoms. The van der Waals surface area contributed by atoms with E-state index in [0.717, 1.165) is 16.8 Å². The number of amides is 1. The molecule has 0 radical (unpaired) electrons. The molecule has 0 aliphatic carbocycles. The lowest BCUT2D eigenvalue weighted by Crippen LogP contribution is -2.13. The Balaban J connectivity index is 1.60. The van der Waals surface area contributed by atoms with Gasteiger partial charge in [-0.15, -0.1) is 0 Å². The molecule has 2 N–H and O–H groups in total. The van der Waals surface area contributed by atoms with Gasteiger partial charge in [-0.05, 0) is 36.2 Å². The fourth-order valence-electron chi connectivity index (χ4n) is 2.15. The Morgan fingerprint density at radius 2 is 1.92 bits per heavy atom. The Bertz CT molecular complexity index is 818. The second-order valence-corrected chi connectivity index (χ2v) is 5.33. The van der Waals surface area contributed by atoms with E-state index in [1.807, 2.05) is 43.3 Å². The van der Waals surface area contributed by atoms with Crippen molar-refractivity contribution in [2.24, 2.45) is 0 Å². The largest absolute Gasteiger partial charge is 0.350 e. The maximum atomic E-state index is 12.2. The van der Waals surface area contributed by atoms with Gasteiger partial charge in [-0.2, -0.15) is 0 Å². The molecule has 0 atom stereocenters. The van der Waals surface area contributed by atoms with E-state index in [2.05, 4.69) is 25.6 Å². The fourth-order valence-corrected chi connectivity index (χ4v) is 2.15. The molecule has 1 aromatic carbocycles. The standard InChI is InChI=1S/C18H17N5O/c1-13-4-2-6-16(8-13)23-17(24)15-11-21-18(22-12-15)20-10-14-5-3-7-19-9-14/h2-9,11-12H,10H2,1H3,(H,23,24)(H,20,21,22). The molecule has 120 valence electrons. The molecule has 3 aromatic rings. The number of pyridine rings is 1. The highest BCUT2D eigenvalue weighted by atomic mass is 16.1. The maximum Gasteiger partial charge on any atom is 0.258 e. The molecule has 0 bridgehead atoms. The zero-order chi connectivity index (χ0) is 16.8. The highest BCUT2D eigenvalue weighted by Crippen LogP contribution is 2.11. The zero-order valence-electron chi connectivity index (χ0n) is 13.2. The number of benzene rings is 1. The Morgan fingerprint density at radius 3 is 2.62 bits per heavy atom. The van der Waals surface area contributed by atoms with E-state index in [1.165, 1.54) is 12.4 Å². The van der Waals surface area contributed by atoms with Crippen molar-refractivity contribution < 1.29 is 4.79 Å². The second kappa shape index (κ2) is 7.32. The lowest BCUT2D eigenvalue weighted by atomic mass is 10.2. The number of anilines is 2. The minimum atomic E-state index is -0.237. The van der Waals surface area contributed by atoms with Gasteiger partial charge >= 0.3 is 0 Å². The van der Waals surface area contributed by atoms with Gasteiger partial charge in [0, 0.05) is 37.0 Å². The molecule has 3 rings (SSSR count). The van der Waals surface area contributed by atoms with Gasteiger partial charge in [0.1, 0.15) is 0 Å². The van der Waals surface area contributed by atoms with Crippen LogP contribution in [0.3, 0.4) is 0 Å². The zero-order valence-corrected chi connectivity index (χ0v) is 13.2. The topological polar surface area (TPSA) is 79.8 Å². The molecular weight excluding hydrogens is 302 g/mol. The van der Waals surface area contributed by atoms with Crippen LogP contribution in [0.1, 0.15) is 21.5 Å². The van der Waals surface area contributed by atoms with Crippen molar-refractivity contribution in [1.29, 1.82) is 0 Å². The van der Waals surface area contributed by atoms with Crippen LogP contribution >= 0.6 is 0 Å². The number of hydrogen-bond acceptors (Lipinski definition) is 5. The molecule has 2 aromatic heterocycles. The van der Waals surface area contributed by atoms with E-state index in [-0.39, 0.29) is 5.91 Å². The smallest absolute Gasteiger partial charge is 0.258 e. The van der Waals surface area contributed by atoms with Crippen LogP contribution in [0.5, 0.6) is 0 Å². The van der Waals surface area contributed by atoms with Gasteiger partial charge in [0.2, 0.25) is 5.95 Å². The summed E-state index contributed by atoms with van der Waals surface area (Å²) in [4.78, 5) is 24.6. The van der Waals surface area contributed by atoms with Gasteiger partial charge in [-0.3, -0.25) is 9.78 Å². The van der Waals surface area contributed by atoms with E-state index < -0.39 is 0 Å². The Kier molecular flexibility index (Phi) is 4.76. The van der Waals surface area contributed by atoms with Gasteiger partial charge in [0.25, 0.3) is 5.91 Å². The van der Waals surface area contributed by atoms with Crippen LogP contribution in [0.2, 0.25) is 0 Å². The molecule has 2 heterocycles. The van der Waals surface area contributed by atoms with E-state index in [9.17, 15) is 4.79 Å². The summed E-state index contributed by atoms with van der Waals surface area (Å²) in [7, 11) is 0. The third kappa shape index (κ3) is 4.13. The van der Waals surface area contributed by atoms with Gasteiger partial charge in [-0.25, -0.2) is 9.97 Å². The van der Waals surface area contributed by atoms with Gasteiger partial charge in [0.15, 0.2) is 0 Å². The number of aryl methyl sites for hydroxylation is 1. The molecular formula is C18H17N5O. The first-order valence-electron chi connectivity index (χ1n) is 7.53. The van der Waals surface area contributed by atoms with E-state index in [4.69, 9.17) is 0 Å². The molecule has 0 aliphatic heterocycles. The third-order valence-corrected chi connectivity index (χ3v) is 3.36. The molecule has 6 nitrogen and oxygen atoms in total. The average molecular weight is 319 g/mol. The highest BCUT2D eigenvalue weighted by Gasteiger charge is 2.08. The Hall–Kier alpha value is -3.28. The number of nitrogens with one attached hydrogen (secondary N) is 2. The quantitative estimate of drug-likeness (QED) is 0.755.